The molecule has 2 heterocycles. The molecular weight excluding hydrogens is 274 g/mol. The van der Waals surface area contributed by atoms with Gasteiger partial charge in [-0.15, -0.1) is 0 Å². The number of fused-ring (bicyclic) bond motifs is 1. The second kappa shape index (κ2) is 4.87. The predicted octanol–water partition coefficient (Wildman–Crippen LogP) is 1.86. The largest absolute Gasteiger partial charge is 0.358 e. The lowest BCUT2D eigenvalue weighted by Crippen LogP contribution is -2.41. The zero-order chi connectivity index (χ0) is 14.3. The van der Waals surface area contributed by atoms with Crippen LogP contribution in [0, 0.1) is 6.92 Å². The molecule has 1 aliphatic rings. The van der Waals surface area contributed by atoms with Crippen molar-refractivity contribution in [3.63, 3.8) is 0 Å². The number of aromatic amines is 1. The van der Waals surface area contributed by atoms with Crippen molar-refractivity contribution >= 4 is 21.1 Å². The van der Waals surface area contributed by atoms with Crippen LogP contribution in [0.4, 0.5) is 0 Å². The Labute approximate surface area is 119 Å². The fraction of sp³-hybridized carbons (Fsp3) is 0.429. The van der Waals surface area contributed by atoms with Gasteiger partial charge in [0.25, 0.3) is 10.2 Å². The summed E-state index contributed by atoms with van der Waals surface area (Å²) in [7, 11) is -3.55. The fourth-order valence-electron chi connectivity index (χ4n) is 3.22. The minimum Gasteiger partial charge on any atom is -0.358 e. The van der Waals surface area contributed by atoms with E-state index in [0.29, 0.717) is 19.0 Å². The molecule has 0 saturated carbocycles. The minimum absolute atomic E-state index is 0.393. The third-order valence-corrected chi connectivity index (χ3v) is 5.25. The maximum atomic E-state index is 11.4. The number of nitrogens with zero attached hydrogens (tertiary/aromatic N) is 1. The number of nitrogens with one attached hydrogen (secondary N) is 1. The Bertz CT molecular complexity index is 728. The van der Waals surface area contributed by atoms with Crippen molar-refractivity contribution in [1.29, 1.82) is 0 Å². The Hall–Kier alpha value is -1.37. The first kappa shape index (κ1) is 13.6. The number of nitrogens with two attached hydrogens (primary N) is 1. The van der Waals surface area contributed by atoms with Gasteiger partial charge in [0.1, 0.15) is 0 Å². The van der Waals surface area contributed by atoms with Gasteiger partial charge in [-0.1, -0.05) is 18.2 Å². The normalized spacial score (nSPS) is 18.7. The van der Waals surface area contributed by atoms with E-state index in [-0.39, 0.29) is 0 Å². The maximum Gasteiger partial charge on any atom is 0.276 e. The molecule has 0 bridgehead atoms. The van der Waals surface area contributed by atoms with E-state index in [1.807, 2.05) is 12.1 Å². The van der Waals surface area contributed by atoms with Gasteiger partial charge >= 0.3 is 0 Å². The number of aryl methyl sites for hydroxylation is 1. The molecule has 0 atom stereocenters. The van der Waals surface area contributed by atoms with Crippen LogP contribution in [0.15, 0.2) is 24.3 Å². The summed E-state index contributed by atoms with van der Waals surface area (Å²) in [6.07, 6.45) is 1.64. The molecule has 3 rings (SSSR count). The lowest BCUT2D eigenvalue weighted by Gasteiger charge is -2.30. The zero-order valence-electron chi connectivity index (χ0n) is 11.5. The van der Waals surface area contributed by atoms with Gasteiger partial charge in [0.05, 0.1) is 0 Å². The molecule has 20 heavy (non-hydrogen) atoms. The fourth-order valence-corrected chi connectivity index (χ4v) is 3.94. The summed E-state index contributed by atoms with van der Waals surface area (Å²) in [5.74, 6) is 0.393. The van der Waals surface area contributed by atoms with Crippen LogP contribution in [0.3, 0.4) is 0 Å². The van der Waals surface area contributed by atoms with E-state index in [1.54, 1.807) is 0 Å². The van der Waals surface area contributed by atoms with E-state index >= 15 is 0 Å². The first-order valence-electron chi connectivity index (χ1n) is 6.82. The van der Waals surface area contributed by atoms with Gasteiger partial charge in [-0.2, -0.15) is 12.7 Å². The molecule has 1 fully saturated rings. The number of piperidine rings is 1. The summed E-state index contributed by atoms with van der Waals surface area (Å²) in [6.45, 7) is 3.09. The molecule has 1 aromatic carbocycles. The van der Waals surface area contributed by atoms with Gasteiger partial charge in [-0.25, -0.2) is 5.14 Å². The number of H-pyrrole nitrogens is 1. The molecule has 1 saturated heterocycles. The average molecular weight is 293 g/mol. The molecule has 0 radical (unpaired) electrons. The number of para-hydroxylation sites is 1. The van der Waals surface area contributed by atoms with Crippen LogP contribution in [0.1, 0.15) is 30.0 Å². The van der Waals surface area contributed by atoms with E-state index in [2.05, 4.69) is 24.0 Å². The predicted molar refractivity (Wildman–Crippen MR) is 79.7 cm³/mol. The molecule has 108 valence electrons. The molecule has 2 aromatic rings. The van der Waals surface area contributed by atoms with Crippen LogP contribution >= 0.6 is 0 Å². The Morgan fingerprint density at radius 3 is 2.55 bits per heavy atom. The van der Waals surface area contributed by atoms with E-state index in [9.17, 15) is 8.42 Å². The van der Waals surface area contributed by atoms with Crippen LogP contribution in [0.2, 0.25) is 0 Å². The molecule has 5 nitrogen and oxygen atoms in total. The van der Waals surface area contributed by atoms with E-state index in [0.717, 1.165) is 18.4 Å². The summed E-state index contributed by atoms with van der Waals surface area (Å²) in [5, 5.41) is 6.44. The highest BCUT2D eigenvalue weighted by molar-refractivity contribution is 7.86. The lowest BCUT2D eigenvalue weighted by molar-refractivity contribution is 0.320. The molecule has 3 N–H and O–H groups in total. The van der Waals surface area contributed by atoms with Crippen molar-refractivity contribution in [2.45, 2.75) is 25.7 Å². The Morgan fingerprint density at radius 2 is 1.90 bits per heavy atom. The zero-order valence-corrected chi connectivity index (χ0v) is 12.3. The molecular formula is C14H19N3O2S. The summed E-state index contributed by atoms with van der Waals surface area (Å²) in [4.78, 5) is 3.41. The minimum atomic E-state index is -3.55. The number of benzene rings is 1. The first-order valence-corrected chi connectivity index (χ1v) is 8.32. The lowest BCUT2D eigenvalue weighted by atomic mass is 9.88. The van der Waals surface area contributed by atoms with Gasteiger partial charge in [0.2, 0.25) is 0 Å². The molecule has 0 aliphatic carbocycles. The number of rotatable bonds is 2. The number of hydrogen-bond donors (Lipinski definition) is 2. The average Bonchev–Trinajstić information content (AvgIpc) is 2.73. The smallest absolute Gasteiger partial charge is 0.276 e. The molecule has 6 heteroatoms. The van der Waals surface area contributed by atoms with Crippen LogP contribution < -0.4 is 5.14 Å². The topological polar surface area (TPSA) is 79.2 Å². The third-order valence-electron chi connectivity index (χ3n) is 4.17. The highest BCUT2D eigenvalue weighted by Gasteiger charge is 2.28. The molecule has 0 unspecified atom stereocenters. The van der Waals surface area contributed by atoms with Gasteiger partial charge in [-0.3, -0.25) is 0 Å². The SMILES string of the molecule is Cc1[nH]c2ccccc2c1C1CCN(S(N)(=O)=O)CC1. The van der Waals surface area contributed by atoms with E-state index < -0.39 is 10.2 Å². The van der Waals surface area contributed by atoms with Gasteiger partial charge in [0, 0.05) is 29.7 Å². The van der Waals surface area contributed by atoms with Crippen molar-refractivity contribution in [3.05, 3.63) is 35.5 Å². The summed E-state index contributed by atoms with van der Waals surface area (Å²) >= 11 is 0. The van der Waals surface area contributed by atoms with Gasteiger partial charge in [0.15, 0.2) is 0 Å². The van der Waals surface area contributed by atoms with Crippen LogP contribution in [-0.4, -0.2) is 30.8 Å². The van der Waals surface area contributed by atoms with Gasteiger partial charge in [-0.05, 0) is 37.3 Å². The molecule has 0 amide bonds. The highest BCUT2D eigenvalue weighted by atomic mass is 32.2. The molecule has 1 aromatic heterocycles. The van der Waals surface area contributed by atoms with Crippen molar-refractivity contribution in [2.75, 3.05) is 13.1 Å². The standard InChI is InChI=1S/C14H19N3O2S/c1-10-14(12-4-2-3-5-13(12)16-10)11-6-8-17(9-7-11)20(15,18)19/h2-5,11,16H,6-9H2,1H3,(H2,15,18,19). The van der Waals surface area contributed by atoms with E-state index in [1.165, 1.54) is 20.9 Å². The van der Waals surface area contributed by atoms with Crippen LogP contribution in [-0.2, 0) is 10.2 Å². The Morgan fingerprint density at radius 1 is 1.25 bits per heavy atom. The monoisotopic (exact) mass is 293 g/mol. The summed E-state index contributed by atoms with van der Waals surface area (Å²) < 4.78 is 24.1. The van der Waals surface area contributed by atoms with Gasteiger partial charge < -0.3 is 4.98 Å². The maximum absolute atomic E-state index is 11.4. The quantitative estimate of drug-likeness (QED) is 0.886. The second-order valence-corrected chi connectivity index (χ2v) is 6.97. The Balaban J connectivity index is 1.89. The number of aromatic nitrogens is 1. The highest BCUT2D eigenvalue weighted by Crippen LogP contribution is 2.35. The third kappa shape index (κ3) is 2.34. The first-order chi connectivity index (χ1) is 9.47. The molecule has 1 aliphatic heterocycles. The summed E-state index contributed by atoms with van der Waals surface area (Å²) in [5.41, 5.74) is 3.66. The Kier molecular flexibility index (Phi) is 3.32. The molecule has 0 spiro atoms. The van der Waals surface area contributed by atoms with Crippen molar-refractivity contribution in [3.8, 4) is 0 Å². The van der Waals surface area contributed by atoms with E-state index in [4.69, 9.17) is 5.14 Å². The van der Waals surface area contributed by atoms with Crippen molar-refractivity contribution in [1.82, 2.24) is 9.29 Å². The second-order valence-electron chi connectivity index (χ2n) is 5.43. The van der Waals surface area contributed by atoms with Crippen LogP contribution in [0.25, 0.3) is 10.9 Å². The summed E-state index contributed by atoms with van der Waals surface area (Å²) in [6, 6.07) is 8.26. The van der Waals surface area contributed by atoms with Crippen molar-refractivity contribution < 1.29 is 8.42 Å². The van der Waals surface area contributed by atoms with Crippen LogP contribution in [0.5, 0.6) is 0 Å². The number of hydrogen-bond acceptors (Lipinski definition) is 2. The van der Waals surface area contributed by atoms with Crippen molar-refractivity contribution in [2.24, 2.45) is 5.14 Å².